The maximum Gasteiger partial charge on any atom is 0.416 e. The third-order valence-corrected chi connectivity index (χ3v) is 6.56. The molecule has 2 amide bonds. The van der Waals surface area contributed by atoms with Crippen LogP contribution in [0.2, 0.25) is 0 Å². The SMILES string of the molecule is COc1ccc([C@@H]2CC(c3ccc(OC)cc3OC)=NN2C(=O)CN(C)C(=O)c2ccc(C(F)(F)F)cc2)cc1. The van der Waals surface area contributed by atoms with Crippen molar-refractivity contribution in [1.82, 2.24) is 9.91 Å². The van der Waals surface area contributed by atoms with Crippen LogP contribution < -0.4 is 14.2 Å². The van der Waals surface area contributed by atoms with E-state index in [0.717, 1.165) is 34.7 Å². The Hall–Kier alpha value is -4.54. The topological polar surface area (TPSA) is 80.7 Å². The summed E-state index contributed by atoms with van der Waals surface area (Å²) in [7, 11) is 6.04. The molecule has 40 heavy (non-hydrogen) atoms. The molecule has 8 nitrogen and oxygen atoms in total. The molecule has 0 fully saturated rings. The van der Waals surface area contributed by atoms with Gasteiger partial charge in [-0.3, -0.25) is 9.59 Å². The summed E-state index contributed by atoms with van der Waals surface area (Å²) in [5.41, 5.74) is 1.26. The first-order valence-electron chi connectivity index (χ1n) is 12.2. The van der Waals surface area contributed by atoms with E-state index in [1.165, 1.54) is 19.2 Å². The zero-order valence-corrected chi connectivity index (χ0v) is 22.4. The second-order valence-electron chi connectivity index (χ2n) is 9.08. The van der Waals surface area contributed by atoms with Crippen LogP contribution >= 0.6 is 0 Å². The molecule has 0 aromatic heterocycles. The quantitative estimate of drug-likeness (QED) is 0.383. The molecule has 210 valence electrons. The van der Waals surface area contributed by atoms with Gasteiger partial charge in [-0.05, 0) is 54.1 Å². The van der Waals surface area contributed by atoms with E-state index in [1.54, 1.807) is 44.6 Å². The lowest BCUT2D eigenvalue weighted by atomic mass is 9.97. The molecule has 0 N–H and O–H groups in total. The predicted molar refractivity (Wildman–Crippen MR) is 142 cm³/mol. The van der Waals surface area contributed by atoms with Gasteiger partial charge in [0, 0.05) is 30.7 Å². The number of carbonyl (C=O) groups is 2. The van der Waals surface area contributed by atoms with E-state index in [-0.39, 0.29) is 12.1 Å². The van der Waals surface area contributed by atoms with E-state index in [1.807, 2.05) is 12.1 Å². The Bertz CT molecular complexity index is 1410. The van der Waals surface area contributed by atoms with E-state index in [9.17, 15) is 22.8 Å². The summed E-state index contributed by atoms with van der Waals surface area (Å²) in [5, 5.41) is 5.96. The Morgan fingerprint density at radius 3 is 2.12 bits per heavy atom. The van der Waals surface area contributed by atoms with Gasteiger partial charge in [0.15, 0.2) is 0 Å². The Labute approximate surface area is 229 Å². The summed E-state index contributed by atoms with van der Waals surface area (Å²) in [5.74, 6) is 0.714. The van der Waals surface area contributed by atoms with Crippen LogP contribution in [0, 0.1) is 0 Å². The number of alkyl halides is 3. The number of halogens is 3. The highest BCUT2D eigenvalue weighted by molar-refractivity contribution is 6.05. The number of likely N-dealkylation sites (N-methyl/N-ethyl adjacent to an activating group) is 1. The number of carbonyl (C=O) groups excluding carboxylic acids is 2. The van der Waals surface area contributed by atoms with E-state index >= 15 is 0 Å². The van der Waals surface area contributed by atoms with Crippen molar-refractivity contribution in [2.24, 2.45) is 5.10 Å². The number of hydrazone groups is 1. The molecule has 11 heteroatoms. The molecule has 1 aliphatic rings. The van der Waals surface area contributed by atoms with Gasteiger partial charge in [0.25, 0.3) is 11.8 Å². The number of nitrogens with zero attached hydrogens (tertiary/aromatic N) is 3. The van der Waals surface area contributed by atoms with Gasteiger partial charge in [-0.15, -0.1) is 0 Å². The Morgan fingerprint density at radius 1 is 0.925 bits per heavy atom. The number of hydrogen-bond donors (Lipinski definition) is 0. The molecule has 1 atom stereocenters. The van der Waals surface area contributed by atoms with Crippen molar-refractivity contribution in [3.8, 4) is 17.2 Å². The summed E-state index contributed by atoms with van der Waals surface area (Å²) < 4.78 is 54.8. The van der Waals surface area contributed by atoms with Gasteiger partial charge in [0.1, 0.15) is 23.8 Å². The Kier molecular flexibility index (Phi) is 8.32. The van der Waals surface area contributed by atoms with E-state index < -0.39 is 29.6 Å². The van der Waals surface area contributed by atoms with Crippen molar-refractivity contribution in [3.63, 3.8) is 0 Å². The van der Waals surface area contributed by atoms with Crippen LogP contribution in [-0.2, 0) is 11.0 Å². The summed E-state index contributed by atoms with van der Waals surface area (Å²) in [6.45, 7) is -0.344. The number of benzene rings is 3. The van der Waals surface area contributed by atoms with Gasteiger partial charge in [-0.25, -0.2) is 5.01 Å². The van der Waals surface area contributed by atoms with Gasteiger partial charge in [-0.1, -0.05) is 12.1 Å². The van der Waals surface area contributed by atoms with Crippen LogP contribution in [0.5, 0.6) is 17.2 Å². The van der Waals surface area contributed by atoms with E-state index in [2.05, 4.69) is 5.10 Å². The second-order valence-corrected chi connectivity index (χ2v) is 9.08. The molecule has 0 aliphatic carbocycles. The third-order valence-electron chi connectivity index (χ3n) is 6.56. The summed E-state index contributed by atoms with van der Waals surface area (Å²) in [6.07, 6.45) is -4.14. The lowest BCUT2D eigenvalue weighted by molar-refractivity contribution is -0.137. The monoisotopic (exact) mass is 555 g/mol. The molecule has 4 rings (SSSR count). The minimum Gasteiger partial charge on any atom is -0.497 e. The highest BCUT2D eigenvalue weighted by Crippen LogP contribution is 2.37. The van der Waals surface area contributed by atoms with Crippen LogP contribution in [0.25, 0.3) is 0 Å². The number of ether oxygens (including phenoxy) is 3. The maximum atomic E-state index is 13.5. The summed E-state index contributed by atoms with van der Waals surface area (Å²) in [6, 6.07) is 15.9. The first kappa shape index (κ1) is 28.5. The standard InChI is InChI=1S/C29H28F3N3O5/c1-34(28(37)19-5-9-20(10-6-19)29(30,31)32)17-27(36)35-25(18-7-11-21(38-2)12-8-18)16-24(33-35)23-14-13-22(39-3)15-26(23)40-4/h5-15,25H,16-17H2,1-4H3/t25-/m0/s1. The molecule has 0 radical (unpaired) electrons. The Balaban J connectivity index is 1.60. The smallest absolute Gasteiger partial charge is 0.416 e. The number of hydrogen-bond acceptors (Lipinski definition) is 6. The Morgan fingerprint density at radius 2 is 1.55 bits per heavy atom. The van der Waals surface area contributed by atoms with Gasteiger partial charge < -0.3 is 19.1 Å². The van der Waals surface area contributed by atoms with Crippen LogP contribution in [0.3, 0.4) is 0 Å². The molecule has 0 saturated heterocycles. The molecule has 0 bridgehead atoms. The average Bonchev–Trinajstić information content (AvgIpc) is 3.41. The van der Waals surface area contributed by atoms with Crippen molar-refractivity contribution < 1.29 is 37.0 Å². The molecular weight excluding hydrogens is 527 g/mol. The van der Waals surface area contributed by atoms with Crippen molar-refractivity contribution in [2.45, 2.75) is 18.6 Å². The van der Waals surface area contributed by atoms with Crippen molar-refractivity contribution >= 4 is 17.5 Å². The molecule has 1 heterocycles. The number of amides is 2. The summed E-state index contributed by atoms with van der Waals surface area (Å²) >= 11 is 0. The highest BCUT2D eigenvalue weighted by atomic mass is 19.4. The fourth-order valence-corrected chi connectivity index (χ4v) is 4.39. The molecule has 3 aromatic rings. The largest absolute Gasteiger partial charge is 0.497 e. The zero-order valence-electron chi connectivity index (χ0n) is 22.4. The van der Waals surface area contributed by atoms with E-state index in [4.69, 9.17) is 14.2 Å². The first-order chi connectivity index (χ1) is 19.0. The molecule has 0 saturated carbocycles. The number of rotatable bonds is 8. The molecule has 1 aliphatic heterocycles. The van der Waals surface area contributed by atoms with Gasteiger partial charge in [0.2, 0.25) is 0 Å². The highest BCUT2D eigenvalue weighted by Gasteiger charge is 2.35. The first-order valence-corrected chi connectivity index (χ1v) is 12.2. The van der Waals surface area contributed by atoms with Crippen LogP contribution in [0.4, 0.5) is 13.2 Å². The minimum absolute atomic E-state index is 0.0311. The fraction of sp³-hybridized carbons (Fsp3) is 0.276. The normalized spacial score (nSPS) is 14.9. The second kappa shape index (κ2) is 11.7. The lowest BCUT2D eigenvalue weighted by Crippen LogP contribution is -2.39. The lowest BCUT2D eigenvalue weighted by Gasteiger charge is -2.25. The van der Waals surface area contributed by atoms with Gasteiger partial charge in [0.05, 0.1) is 38.6 Å². The van der Waals surface area contributed by atoms with Crippen LogP contribution in [-0.4, -0.2) is 62.4 Å². The van der Waals surface area contributed by atoms with Crippen molar-refractivity contribution in [3.05, 3.63) is 89.0 Å². The van der Waals surface area contributed by atoms with Gasteiger partial charge in [-0.2, -0.15) is 18.3 Å². The zero-order chi connectivity index (χ0) is 29.0. The van der Waals surface area contributed by atoms with Crippen LogP contribution in [0.1, 0.15) is 39.5 Å². The molecule has 0 spiro atoms. The van der Waals surface area contributed by atoms with Crippen molar-refractivity contribution in [2.75, 3.05) is 34.9 Å². The van der Waals surface area contributed by atoms with E-state index in [0.29, 0.717) is 34.9 Å². The fourth-order valence-electron chi connectivity index (χ4n) is 4.39. The van der Waals surface area contributed by atoms with Crippen molar-refractivity contribution in [1.29, 1.82) is 0 Å². The van der Waals surface area contributed by atoms with Gasteiger partial charge >= 0.3 is 6.18 Å². The third kappa shape index (κ3) is 6.03. The number of methoxy groups -OCH3 is 3. The average molecular weight is 556 g/mol. The minimum atomic E-state index is -4.52. The summed E-state index contributed by atoms with van der Waals surface area (Å²) in [4.78, 5) is 27.6. The van der Waals surface area contributed by atoms with Crippen LogP contribution in [0.15, 0.2) is 71.8 Å². The molecule has 3 aromatic carbocycles. The molecule has 0 unspecified atom stereocenters. The predicted octanol–water partition coefficient (Wildman–Crippen LogP) is 5.18. The molecular formula is C29H28F3N3O5. The maximum absolute atomic E-state index is 13.5.